The zero-order chi connectivity index (χ0) is 12.8. The Morgan fingerprint density at radius 3 is 2.65 bits per heavy atom. The van der Waals surface area contributed by atoms with Crippen molar-refractivity contribution in [1.82, 2.24) is 15.0 Å². The van der Waals surface area contributed by atoms with Crippen molar-refractivity contribution in [1.29, 1.82) is 0 Å². The third-order valence-corrected chi connectivity index (χ3v) is 2.31. The number of alkyl halides is 1. The molecule has 0 aliphatic carbocycles. The number of hydrogen-bond donors (Lipinski definition) is 1. The fourth-order valence-electron chi connectivity index (χ4n) is 1.20. The Bertz CT molecular complexity index is 403. The minimum Gasteiger partial charge on any atom is -0.480 e. The molecule has 0 fully saturated rings. The number of likely N-dealkylation sites (N-methyl/N-ethyl adjacent to an activating group) is 1. The first-order valence-electron chi connectivity index (χ1n) is 5.00. The van der Waals surface area contributed by atoms with Crippen LogP contribution < -0.4 is 4.90 Å². The van der Waals surface area contributed by atoms with Gasteiger partial charge in [-0.15, -0.1) is 11.6 Å². The molecule has 6 nitrogen and oxygen atoms in total. The summed E-state index contributed by atoms with van der Waals surface area (Å²) in [5.74, 6) is 0.126. The summed E-state index contributed by atoms with van der Waals surface area (Å²) < 4.78 is 0. The molecule has 1 N–H and O–H groups in total. The van der Waals surface area contributed by atoms with Crippen molar-refractivity contribution in [3.05, 3.63) is 11.1 Å². The van der Waals surface area contributed by atoms with Gasteiger partial charge in [-0.2, -0.15) is 9.97 Å². The van der Waals surface area contributed by atoms with Crippen LogP contribution in [0.4, 0.5) is 5.95 Å². The standard InChI is InChI=1S/C9H12Cl2N4O2/c1-2-15(5-7(16)17)9-13-6(3-4-10)12-8(11)14-9/h2-5H2,1H3,(H,16,17). The summed E-state index contributed by atoms with van der Waals surface area (Å²) in [5, 5.41) is 8.79. The van der Waals surface area contributed by atoms with Crippen LogP contribution in [0.1, 0.15) is 12.7 Å². The van der Waals surface area contributed by atoms with Gasteiger partial charge in [-0.3, -0.25) is 4.79 Å². The van der Waals surface area contributed by atoms with E-state index in [0.29, 0.717) is 24.7 Å². The Morgan fingerprint density at radius 1 is 1.41 bits per heavy atom. The monoisotopic (exact) mass is 278 g/mol. The van der Waals surface area contributed by atoms with E-state index in [4.69, 9.17) is 28.3 Å². The molecule has 1 rings (SSSR count). The number of nitrogens with zero attached hydrogens (tertiary/aromatic N) is 4. The first kappa shape index (κ1) is 13.9. The molecule has 94 valence electrons. The number of aliphatic carboxylic acids is 1. The van der Waals surface area contributed by atoms with E-state index < -0.39 is 5.97 Å². The third kappa shape index (κ3) is 4.32. The van der Waals surface area contributed by atoms with Crippen molar-refractivity contribution < 1.29 is 9.90 Å². The molecule has 0 saturated heterocycles. The molecule has 0 spiro atoms. The molecule has 1 aromatic heterocycles. The Balaban J connectivity index is 2.97. The van der Waals surface area contributed by atoms with Gasteiger partial charge in [-0.1, -0.05) is 0 Å². The van der Waals surface area contributed by atoms with Crippen LogP contribution in [0.15, 0.2) is 0 Å². The van der Waals surface area contributed by atoms with E-state index in [1.54, 1.807) is 0 Å². The van der Waals surface area contributed by atoms with Crippen LogP contribution in [0.25, 0.3) is 0 Å². The Morgan fingerprint density at radius 2 is 2.12 bits per heavy atom. The van der Waals surface area contributed by atoms with Gasteiger partial charge in [0.1, 0.15) is 12.4 Å². The van der Waals surface area contributed by atoms with Crippen LogP contribution in [0.2, 0.25) is 5.28 Å². The van der Waals surface area contributed by atoms with Gasteiger partial charge >= 0.3 is 5.97 Å². The molecule has 0 saturated carbocycles. The maximum Gasteiger partial charge on any atom is 0.323 e. The summed E-state index contributed by atoms with van der Waals surface area (Å²) in [6.45, 7) is 2.09. The molecule has 0 bridgehead atoms. The highest BCUT2D eigenvalue weighted by atomic mass is 35.5. The van der Waals surface area contributed by atoms with Crippen LogP contribution in [0.3, 0.4) is 0 Å². The normalized spacial score (nSPS) is 10.3. The minimum atomic E-state index is -0.956. The number of anilines is 1. The van der Waals surface area contributed by atoms with E-state index in [-0.39, 0.29) is 17.8 Å². The number of carboxylic acid groups (broad SMARTS) is 1. The van der Waals surface area contributed by atoms with Crippen LogP contribution in [-0.2, 0) is 11.2 Å². The van der Waals surface area contributed by atoms with Crippen molar-refractivity contribution in [3.63, 3.8) is 0 Å². The lowest BCUT2D eigenvalue weighted by Gasteiger charge is -2.18. The van der Waals surface area contributed by atoms with Crippen molar-refractivity contribution in [2.45, 2.75) is 13.3 Å². The fourth-order valence-corrected chi connectivity index (χ4v) is 1.55. The molecule has 0 aliphatic heterocycles. The number of carboxylic acids is 1. The van der Waals surface area contributed by atoms with Crippen LogP contribution in [-0.4, -0.2) is 45.0 Å². The second kappa shape index (κ2) is 6.56. The summed E-state index contributed by atoms with van der Waals surface area (Å²) in [4.78, 5) is 24.1. The topological polar surface area (TPSA) is 79.2 Å². The molecular formula is C9H12Cl2N4O2. The van der Waals surface area contributed by atoms with Crippen LogP contribution in [0.5, 0.6) is 0 Å². The molecule has 0 atom stereocenters. The second-order valence-electron chi connectivity index (χ2n) is 3.17. The number of hydrogen-bond acceptors (Lipinski definition) is 5. The highest BCUT2D eigenvalue weighted by Crippen LogP contribution is 2.11. The predicted octanol–water partition coefficient (Wildman–Crippen LogP) is 1.22. The zero-order valence-corrected chi connectivity index (χ0v) is 10.7. The van der Waals surface area contributed by atoms with E-state index >= 15 is 0 Å². The number of aryl methyl sites for hydroxylation is 1. The molecule has 0 amide bonds. The third-order valence-electron chi connectivity index (χ3n) is 1.95. The average Bonchev–Trinajstić information content (AvgIpc) is 2.25. The molecule has 0 unspecified atom stereocenters. The van der Waals surface area contributed by atoms with Gasteiger partial charge in [0.05, 0.1) is 0 Å². The molecule has 8 heteroatoms. The average molecular weight is 279 g/mol. The van der Waals surface area contributed by atoms with Gasteiger partial charge in [0.25, 0.3) is 0 Å². The zero-order valence-electron chi connectivity index (χ0n) is 9.23. The molecule has 0 radical (unpaired) electrons. The summed E-state index contributed by atoms with van der Waals surface area (Å²) in [6, 6.07) is 0. The van der Waals surface area contributed by atoms with Crippen molar-refractivity contribution in [3.8, 4) is 0 Å². The maximum atomic E-state index is 10.7. The molecular weight excluding hydrogens is 267 g/mol. The predicted molar refractivity (Wildman–Crippen MR) is 64.8 cm³/mol. The lowest BCUT2D eigenvalue weighted by atomic mass is 10.4. The second-order valence-corrected chi connectivity index (χ2v) is 3.88. The molecule has 17 heavy (non-hydrogen) atoms. The van der Waals surface area contributed by atoms with Gasteiger partial charge < -0.3 is 10.0 Å². The quantitative estimate of drug-likeness (QED) is 0.789. The van der Waals surface area contributed by atoms with Gasteiger partial charge in [-0.25, -0.2) is 4.98 Å². The largest absolute Gasteiger partial charge is 0.480 e. The van der Waals surface area contributed by atoms with E-state index in [2.05, 4.69) is 15.0 Å². The van der Waals surface area contributed by atoms with Gasteiger partial charge in [0.15, 0.2) is 0 Å². The smallest absolute Gasteiger partial charge is 0.323 e. The SMILES string of the molecule is CCN(CC(=O)O)c1nc(Cl)nc(CCCl)n1. The molecule has 0 aliphatic rings. The minimum absolute atomic E-state index is 0.0407. The Labute approximate surface area is 109 Å². The highest BCUT2D eigenvalue weighted by molar-refractivity contribution is 6.28. The summed E-state index contributed by atoms with van der Waals surface area (Å²) in [5.41, 5.74) is 0. The highest BCUT2D eigenvalue weighted by Gasteiger charge is 2.14. The number of carbonyl (C=O) groups is 1. The van der Waals surface area contributed by atoms with E-state index in [1.165, 1.54) is 4.90 Å². The van der Waals surface area contributed by atoms with Gasteiger partial charge in [0.2, 0.25) is 11.2 Å². The Kier molecular flexibility index (Phi) is 5.37. The Hall–Kier alpha value is -1.14. The van der Waals surface area contributed by atoms with Crippen molar-refractivity contribution >= 4 is 35.1 Å². The first-order chi connectivity index (χ1) is 8.06. The van der Waals surface area contributed by atoms with Crippen molar-refractivity contribution in [2.24, 2.45) is 0 Å². The van der Waals surface area contributed by atoms with Crippen LogP contribution in [0, 0.1) is 0 Å². The van der Waals surface area contributed by atoms with Gasteiger partial charge in [0, 0.05) is 18.8 Å². The van der Waals surface area contributed by atoms with Crippen LogP contribution >= 0.6 is 23.2 Å². The number of halogens is 2. The number of rotatable bonds is 6. The molecule has 0 aromatic carbocycles. The van der Waals surface area contributed by atoms with E-state index in [9.17, 15) is 4.79 Å². The summed E-state index contributed by atoms with van der Waals surface area (Å²) >= 11 is 11.3. The molecule has 1 heterocycles. The van der Waals surface area contributed by atoms with Gasteiger partial charge in [-0.05, 0) is 18.5 Å². The van der Waals surface area contributed by atoms with E-state index in [0.717, 1.165) is 0 Å². The lowest BCUT2D eigenvalue weighted by Crippen LogP contribution is -2.31. The fraction of sp³-hybridized carbons (Fsp3) is 0.556. The van der Waals surface area contributed by atoms with Crippen molar-refractivity contribution in [2.75, 3.05) is 23.9 Å². The summed E-state index contributed by atoms with van der Waals surface area (Å²) in [6.07, 6.45) is 0.460. The molecule has 1 aromatic rings. The lowest BCUT2D eigenvalue weighted by molar-refractivity contribution is -0.135. The number of aromatic nitrogens is 3. The van der Waals surface area contributed by atoms with E-state index in [1.807, 2.05) is 6.92 Å². The summed E-state index contributed by atoms with van der Waals surface area (Å²) in [7, 11) is 0. The maximum absolute atomic E-state index is 10.7. The first-order valence-corrected chi connectivity index (χ1v) is 5.91.